The minimum Gasteiger partial charge on any atom is -0.330 e. The van der Waals surface area contributed by atoms with E-state index in [2.05, 4.69) is 24.1 Å². The molecule has 1 aromatic rings. The van der Waals surface area contributed by atoms with Gasteiger partial charge in [0.25, 0.3) is 0 Å². The van der Waals surface area contributed by atoms with E-state index in [1.807, 2.05) is 6.20 Å². The highest BCUT2D eigenvalue weighted by Gasteiger charge is 2.03. The first-order chi connectivity index (χ1) is 6.76. The Labute approximate surface area is 89.7 Å². The molecule has 0 spiro atoms. The minimum absolute atomic E-state index is 0.594. The van der Waals surface area contributed by atoms with Crippen LogP contribution in [0.3, 0.4) is 0 Å². The third kappa shape index (κ3) is 3.74. The summed E-state index contributed by atoms with van der Waals surface area (Å²) in [5.74, 6) is 0.594. The van der Waals surface area contributed by atoms with Crippen molar-refractivity contribution in [3.8, 4) is 0 Å². The average molecular weight is 213 g/mol. The predicted molar refractivity (Wildman–Crippen MR) is 61.4 cm³/mol. The summed E-state index contributed by atoms with van der Waals surface area (Å²) in [4.78, 5) is 5.56. The van der Waals surface area contributed by atoms with Gasteiger partial charge in [0.15, 0.2) is 0 Å². The van der Waals surface area contributed by atoms with Crippen LogP contribution in [0, 0.1) is 12.8 Å². The maximum atomic E-state index is 5.61. The molecule has 0 saturated heterocycles. The maximum Gasteiger partial charge on any atom is 0.107 e. The second-order valence-electron chi connectivity index (χ2n) is 3.51. The number of nitrogens with zero attached hydrogens (tertiary/aromatic N) is 1. The zero-order valence-corrected chi connectivity index (χ0v) is 9.73. The molecule has 0 aromatic carbocycles. The lowest BCUT2D eigenvalue weighted by Gasteiger charge is -2.11. The highest BCUT2D eigenvalue weighted by atomic mass is 32.1. The van der Waals surface area contributed by atoms with Crippen molar-refractivity contribution in [2.75, 3.05) is 13.1 Å². The van der Waals surface area contributed by atoms with Crippen LogP contribution >= 0.6 is 11.3 Å². The number of nitrogens with one attached hydrogen (secondary N) is 1. The molecule has 0 fully saturated rings. The quantitative estimate of drug-likeness (QED) is 0.753. The van der Waals surface area contributed by atoms with Gasteiger partial charge in [-0.05, 0) is 25.9 Å². The summed E-state index contributed by atoms with van der Waals surface area (Å²) >= 11 is 1.75. The number of nitrogens with two attached hydrogens (primary N) is 1. The topological polar surface area (TPSA) is 50.9 Å². The fraction of sp³-hybridized carbons (Fsp3) is 0.700. The molecule has 80 valence electrons. The Hall–Kier alpha value is -0.450. The fourth-order valence-corrected chi connectivity index (χ4v) is 2.02. The van der Waals surface area contributed by atoms with Gasteiger partial charge in [-0.2, -0.15) is 0 Å². The molecule has 0 bridgehead atoms. The van der Waals surface area contributed by atoms with Gasteiger partial charge < -0.3 is 11.1 Å². The first kappa shape index (κ1) is 11.6. The van der Waals surface area contributed by atoms with Gasteiger partial charge in [-0.1, -0.05) is 13.3 Å². The lowest BCUT2D eigenvalue weighted by atomic mass is 10.1. The van der Waals surface area contributed by atoms with Gasteiger partial charge in [0.2, 0.25) is 0 Å². The Morgan fingerprint density at radius 3 is 2.93 bits per heavy atom. The van der Waals surface area contributed by atoms with Crippen LogP contribution in [0.2, 0.25) is 0 Å². The van der Waals surface area contributed by atoms with Gasteiger partial charge in [-0.25, -0.2) is 4.98 Å². The van der Waals surface area contributed by atoms with E-state index in [1.54, 1.807) is 11.3 Å². The number of hydrogen-bond donors (Lipinski definition) is 2. The molecule has 0 saturated carbocycles. The lowest BCUT2D eigenvalue weighted by molar-refractivity contribution is 0.471. The molecule has 0 radical (unpaired) electrons. The molecule has 3 nitrogen and oxygen atoms in total. The molecule has 1 atom stereocenters. The molecule has 1 rings (SSSR count). The molecule has 0 amide bonds. The van der Waals surface area contributed by atoms with Crippen molar-refractivity contribution < 1.29 is 0 Å². The number of thiazole rings is 1. The molecule has 1 aromatic heterocycles. The van der Waals surface area contributed by atoms with E-state index in [9.17, 15) is 0 Å². The highest BCUT2D eigenvalue weighted by molar-refractivity contribution is 7.11. The second kappa shape index (κ2) is 6.11. The molecular formula is C10H19N3S. The van der Waals surface area contributed by atoms with Crippen molar-refractivity contribution in [2.45, 2.75) is 26.8 Å². The van der Waals surface area contributed by atoms with Crippen molar-refractivity contribution in [3.63, 3.8) is 0 Å². The summed E-state index contributed by atoms with van der Waals surface area (Å²) in [7, 11) is 0. The molecule has 0 aliphatic rings. The molecule has 0 aliphatic heterocycles. The van der Waals surface area contributed by atoms with Crippen LogP contribution in [-0.4, -0.2) is 18.1 Å². The Bertz CT molecular complexity index is 256. The third-order valence-corrected chi connectivity index (χ3v) is 3.20. The van der Waals surface area contributed by atoms with Crippen molar-refractivity contribution in [3.05, 3.63) is 16.1 Å². The standard InChI is InChI=1S/C10H19N3S/c1-3-9(4-11)6-12-7-10-13-5-8(2)14-10/h5,9,12H,3-4,6-7,11H2,1-2H3. The van der Waals surface area contributed by atoms with Gasteiger partial charge in [-0.15, -0.1) is 11.3 Å². The Morgan fingerprint density at radius 1 is 1.64 bits per heavy atom. The molecule has 4 heteroatoms. The lowest BCUT2D eigenvalue weighted by Crippen LogP contribution is -2.27. The Balaban J connectivity index is 2.21. The van der Waals surface area contributed by atoms with Crippen LogP contribution < -0.4 is 11.1 Å². The first-order valence-electron chi connectivity index (χ1n) is 5.08. The van der Waals surface area contributed by atoms with E-state index in [0.29, 0.717) is 5.92 Å². The van der Waals surface area contributed by atoms with Gasteiger partial charge in [0.05, 0.1) is 0 Å². The zero-order valence-electron chi connectivity index (χ0n) is 8.92. The van der Waals surface area contributed by atoms with Crippen molar-refractivity contribution in [2.24, 2.45) is 11.7 Å². The number of rotatable bonds is 6. The summed E-state index contributed by atoms with van der Waals surface area (Å²) < 4.78 is 0. The van der Waals surface area contributed by atoms with E-state index in [4.69, 9.17) is 5.73 Å². The molecule has 1 unspecified atom stereocenters. The summed E-state index contributed by atoms with van der Waals surface area (Å²) in [6.45, 7) is 6.88. The summed E-state index contributed by atoms with van der Waals surface area (Å²) in [6.07, 6.45) is 3.06. The predicted octanol–water partition coefficient (Wildman–Crippen LogP) is 1.53. The second-order valence-corrected chi connectivity index (χ2v) is 4.82. The molecule has 1 heterocycles. The molecule has 14 heavy (non-hydrogen) atoms. The van der Waals surface area contributed by atoms with Crippen molar-refractivity contribution >= 4 is 11.3 Å². The monoisotopic (exact) mass is 213 g/mol. The fourth-order valence-electron chi connectivity index (χ4n) is 1.26. The van der Waals surface area contributed by atoms with Crippen LogP contribution in [-0.2, 0) is 6.54 Å². The van der Waals surface area contributed by atoms with Gasteiger partial charge in [-0.3, -0.25) is 0 Å². The molecule has 0 aliphatic carbocycles. The van der Waals surface area contributed by atoms with Crippen LogP contribution in [0.4, 0.5) is 0 Å². The summed E-state index contributed by atoms with van der Waals surface area (Å²) in [5, 5.41) is 4.55. The van der Waals surface area contributed by atoms with Crippen molar-refractivity contribution in [1.29, 1.82) is 0 Å². The summed E-state index contributed by atoms with van der Waals surface area (Å²) in [6, 6.07) is 0. The molecular weight excluding hydrogens is 194 g/mol. The van der Waals surface area contributed by atoms with Crippen molar-refractivity contribution in [1.82, 2.24) is 10.3 Å². The SMILES string of the molecule is CCC(CN)CNCc1ncc(C)s1. The minimum atomic E-state index is 0.594. The zero-order chi connectivity index (χ0) is 10.4. The van der Waals surface area contributed by atoms with Crippen LogP contribution in [0.15, 0.2) is 6.20 Å². The van der Waals surface area contributed by atoms with Crippen LogP contribution in [0.1, 0.15) is 23.2 Å². The molecule has 3 N–H and O–H groups in total. The Kier molecular flexibility index (Phi) is 5.07. The van der Waals surface area contributed by atoms with E-state index in [-0.39, 0.29) is 0 Å². The van der Waals surface area contributed by atoms with E-state index in [0.717, 1.165) is 31.1 Å². The smallest absolute Gasteiger partial charge is 0.107 e. The number of aryl methyl sites for hydroxylation is 1. The largest absolute Gasteiger partial charge is 0.330 e. The van der Waals surface area contributed by atoms with E-state index in [1.165, 1.54) is 4.88 Å². The van der Waals surface area contributed by atoms with E-state index >= 15 is 0 Å². The van der Waals surface area contributed by atoms with Gasteiger partial charge >= 0.3 is 0 Å². The van der Waals surface area contributed by atoms with Crippen LogP contribution in [0.25, 0.3) is 0 Å². The normalized spacial score (nSPS) is 13.1. The average Bonchev–Trinajstić information content (AvgIpc) is 2.59. The van der Waals surface area contributed by atoms with Gasteiger partial charge in [0.1, 0.15) is 5.01 Å². The Morgan fingerprint density at radius 2 is 2.43 bits per heavy atom. The number of aromatic nitrogens is 1. The third-order valence-electron chi connectivity index (χ3n) is 2.29. The highest BCUT2D eigenvalue weighted by Crippen LogP contribution is 2.10. The van der Waals surface area contributed by atoms with Gasteiger partial charge in [0, 0.05) is 17.6 Å². The summed E-state index contributed by atoms with van der Waals surface area (Å²) in [5.41, 5.74) is 5.61. The van der Waals surface area contributed by atoms with Crippen LogP contribution in [0.5, 0.6) is 0 Å². The maximum absolute atomic E-state index is 5.61. The number of hydrogen-bond acceptors (Lipinski definition) is 4. The first-order valence-corrected chi connectivity index (χ1v) is 5.90. The van der Waals surface area contributed by atoms with E-state index < -0.39 is 0 Å².